The Balaban J connectivity index is 2.09. The third-order valence-corrected chi connectivity index (χ3v) is 11.3. The molecule has 0 aliphatic heterocycles. The first kappa shape index (κ1) is 49.0. The van der Waals surface area contributed by atoms with E-state index in [9.17, 15) is 0 Å². The van der Waals surface area contributed by atoms with Crippen LogP contribution in [0.1, 0.15) is 157 Å². The van der Waals surface area contributed by atoms with Crippen LogP contribution in [0.4, 0.5) is 0 Å². The number of terminal acetylenes is 4. The van der Waals surface area contributed by atoms with Gasteiger partial charge in [0.2, 0.25) is 0 Å². The fraction of sp³-hybridized carbons (Fsp3) is 0.448. The molecule has 4 aromatic rings. The molecule has 0 saturated heterocycles. The summed E-state index contributed by atoms with van der Waals surface area (Å²) in [5.41, 5.74) is 12.5. The Morgan fingerprint density at radius 1 is 0.371 bits per heavy atom. The summed E-state index contributed by atoms with van der Waals surface area (Å²) in [7, 11) is 0. The molecule has 4 heteroatoms. The van der Waals surface area contributed by atoms with Crippen molar-refractivity contribution in [1.29, 1.82) is 0 Å². The zero-order chi connectivity index (χ0) is 46.2. The van der Waals surface area contributed by atoms with E-state index in [4.69, 9.17) is 44.6 Å². The molecule has 62 heavy (non-hydrogen) atoms. The van der Waals surface area contributed by atoms with E-state index in [1.807, 2.05) is 0 Å². The van der Waals surface area contributed by atoms with Crippen molar-refractivity contribution < 1.29 is 18.9 Å². The lowest BCUT2D eigenvalue weighted by Crippen LogP contribution is -2.17. The van der Waals surface area contributed by atoms with E-state index >= 15 is 0 Å². The molecule has 4 rings (SSSR count). The predicted molar refractivity (Wildman–Crippen MR) is 260 cm³/mol. The Bertz CT molecular complexity index is 2400. The van der Waals surface area contributed by atoms with Gasteiger partial charge in [0, 0.05) is 19.3 Å². The number of ether oxygens (including phenoxy) is 4. The molecule has 4 aromatic carbocycles. The van der Waals surface area contributed by atoms with Crippen LogP contribution in [0.5, 0.6) is 23.0 Å². The minimum atomic E-state index is -0.190. The van der Waals surface area contributed by atoms with Gasteiger partial charge in [0.1, 0.15) is 49.4 Å². The van der Waals surface area contributed by atoms with Crippen LogP contribution in [0.25, 0.3) is 0 Å². The maximum Gasteiger partial charge on any atom is 0.148 e. The predicted octanol–water partition coefficient (Wildman–Crippen LogP) is 12.6. The van der Waals surface area contributed by atoms with Crippen LogP contribution in [0.15, 0.2) is 48.5 Å². The van der Waals surface area contributed by atoms with E-state index in [0.717, 1.165) is 73.9 Å². The van der Waals surface area contributed by atoms with E-state index in [1.54, 1.807) is 0 Å². The minimum Gasteiger partial charge on any atom is -0.480 e. The van der Waals surface area contributed by atoms with Crippen molar-refractivity contribution in [3.8, 4) is 72.4 Å². The van der Waals surface area contributed by atoms with Crippen LogP contribution in [0, 0.1) is 56.3 Å². The quantitative estimate of drug-likeness (QED) is 0.112. The van der Waals surface area contributed by atoms with Gasteiger partial charge in [-0.2, -0.15) is 0 Å². The zero-order valence-corrected chi connectivity index (χ0v) is 40.2. The highest BCUT2D eigenvalue weighted by Gasteiger charge is 2.27. The molecule has 0 fully saturated rings. The third-order valence-electron chi connectivity index (χ3n) is 11.3. The molecule has 0 aliphatic carbocycles. The van der Waals surface area contributed by atoms with Gasteiger partial charge >= 0.3 is 0 Å². The van der Waals surface area contributed by atoms with Gasteiger partial charge in [-0.15, -0.1) is 25.7 Å². The first-order valence-electron chi connectivity index (χ1n) is 21.8. The normalized spacial score (nSPS) is 11.8. The number of benzene rings is 4. The molecular weight excluding hydrogens is 761 g/mol. The molecule has 0 atom stereocenters. The van der Waals surface area contributed by atoms with Crippen molar-refractivity contribution in [1.82, 2.24) is 0 Å². The van der Waals surface area contributed by atoms with Gasteiger partial charge in [0.15, 0.2) is 0 Å². The van der Waals surface area contributed by atoms with Gasteiger partial charge in [0.25, 0.3) is 0 Å². The van der Waals surface area contributed by atoms with Gasteiger partial charge in [0.05, 0.1) is 0 Å². The highest BCUT2D eigenvalue weighted by molar-refractivity contribution is 5.58. The maximum atomic E-state index is 6.65. The molecule has 0 radical (unpaired) electrons. The van der Waals surface area contributed by atoms with E-state index in [0.29, 0.717) is 19.3 Å². The summed E-state index contributed by atoms with van der Waals surface area (Å²) >= 11 is 0. The monoisotopic (exact) mass is 831 g/mol. The van der Waals surface area contributed by atoms with Crippen LogP contribution >= 0.6 is 0 Å². The van der Waals surface area contributed by atoms with Crippen molar-refractivity contribution in [3.05, 3.63) is 115 Å². The van der Waals surface area contributed by atoms with E-state index in [-0.39, 0.29) is 48.1 Å². The van der Waals surface area contributed by atoms with Gasteiger partial charge in [-0.3, -0.25) is 0 Å². The molecule has 0 amide bonds. The van der Waals surface area contributed by atoms with E-state index in [2.05, 4.69) is 169 Å². The lowest BCUT2D eigenvalue weighted by Gasteiger charge is -2.28. The number of hydrogen-bond donors (Lipinski definition) is 0. The highest BCUT2D eigenvalue weighted by atomic mass is 16.5. The Morgan fingerprint density at radius 2 is 0.597 bits per heavy atom. The fourth-order valence-electron chi connectivity index (χ4n) is 7.73. The molecule has 0 aromatic heterocycles. The van der Waals surface area contributed by atoms with Crippen LogP contribution in [-0.2, 0) is 47.3 Å². The summed E-state index contributed by atoms with van der Waals surface area (Å²) in [6.07, 6.45) is 25.7. The SMILES string of the molecule is C#CCOc1c(C)cc(C(C)(C)C)cc1Cc1cc(C(C)(C)C)cc(Cc2cc(C(C)(C)C)cc(Cc3cc(C(C)(C)C)cc(CC)c3OCC#C)c2OCC#C)c1OCC#C. The molecule has 0 aliphatic rings. The minimum absolute atomic E-state index is 0.0870. The summed E-state index contributed by atoms with van der Waals surface area (Å²) in [5.74, 6) is 13.9. The topological polar surface area (TPSA) is 36.9 Å². The van der Waals surface area contributed by atoms with Crippen molar-refractivity contribution in [2.24, 2.45) is 0 Å². The zero-order valence-electron chi connectivity index (χ0n) is 40.2. The van der Waals surface area contributed by atoms with Gasteiger partial charge in [-0.25, -0.2) is 0 Å². The van der Waals surface area contributed by atoms with Crippen LogP contribution in [0.2, 0.25) is 0 Å². The maximum absolute atomic E-state index is 6.65. The smallest absolute Gasteiger partial charge is 0.148 e. The average molecular weight is 831 g/mol. The van der Waals surface area contributed by atoms with Gasteiger partial charge < -0.3 is 18.9 Å². The Kier molecular flexibility index (Phi) is 15.8. The molecule has 0 unspecified atom stereocenters. The van der Waals surface area contributed by atoms with Crippen LogP contribution in [-0.4, -0.2) is 26.4 Å². The Hall–Kier alpha value is -5.68. The number of hydrogen-bond acceptors (Lipinski definition) is 4. The van der Waals surface area contributed by atoms with E-state index < -0.39 is 0 Å². The molecule has 326 valence electrons. The molecule has 0 heterocycles. The molecule has 4 nitrogen and oxygen atoms in total. The van der Waals surface area contributed by atoms with Crippen LogP contribution in [0.3, 0.4) is 0 Å². The number of rotatable bonds is 15. The largest absolute Gasteiger partial charge is 0.480 e. The van der Waals surface area contributed by atoms with Crippen molar-refractivity contribution >= 4 is 0 Å². The molecule has 0 N–H and O–H groups in total. The highest BCUT2D eigenvalue weighted by Crippen LogP contribution is 2.42. The summed E-state index contributed by atoms with van der Waals surface area (Å²) in [6.45, 7) is 31.6. The fourth-order valence-corrected chi connectivity index (χ4v) is 7.73. The summed E-state index contributed by atoms with van der Waals surface area (Å²) in [5, 5.41) is 0. The summed E-state index contributed by atoms with van der Waals surface area (Å²) in [4.78, 5) is 0. The molecule has 0 bridgehead atoms. The molecule has 0 saturated carbocycles. The second kappa shape index (κ2) is 20.0. The van der Waals surface area contributed by atoms with Crippen molar-refractivity contribution in [3.63, 3.8) is 0 Å². The summed E-state index contributed by atoms with van der Waals surface area (Å²) < 4.78 is 25.9. The van der Waals surface area contributed by atoms with Gasteiger partial charge in [-0.05, 0) is 102 Å². The van der Waals surface area contributed by atoms with Crippen molar-refractivity contribution in [2.75, 3.05) is 26.4 Å². The molecular formula is C58H70O4. The third kappa shape index (κ3) is 12.2. The average Bonchev–Trinajstić information content (AvgIpc) is 3.17. The van der Waals surface area contributed by atoms with Crippen molar-refractivity contribution in [2.45, 2.75) is 144 Å². The number of aryl methyl sites for hydroxylation is 2. The lowest BCUT2D eigenvalue weighted by atomic mass is 9.80. The van der Waals surface area contributed by atoms with E-state index in [1.165, 1.54) is 22.3 Å². The standard InChI is InChI=1S/C58H70O4/c1-19-24-59-51-39(6)28-47(55(7,8)9)33-41(51)29-43-35-49(57(13,14)15)37-45(53(43)61-26-21-3)31-46-38-50(58(16,17)18)36-44(54(46)62-27-22-4)30-42-34-48(56(10,11)12)32-40(23-5)52(42)60-25-20-2/h1-4,28,32-38H,23-27,29-31H2,5-18H3. The lowest BCUT2D eigenvalue weighted by molar-refractivity contribution is 0.355. The van der Waals surface area contributed by atoms with Gasteiger partial charge in [-0.1, -0.05) is 162 Å². The summed E-state index contributed by atoms with van der Waals surface area (Å²) in [6, 6.07) is 18.0. The second-order valence-corrected chi connectivity index (χ2v) is 20.5. The Morgan fingerprint density at radius 3 is 0.855 bits per heavy atom. The first-order chi connectivity index (χ1) is 29.0. The molecule has 0 spiro atoms. The Labute approximate surface area is 375 Å². The second-order valence-electron chi connectivity index (χ2n) is 20.5. The van der Waals surface area contributed by atoms with Crippen LogP contribution < -0.4 is 18.9 Å². The first-order valence-corrected chi connectivity index (χ1v) is 21.8.